The molecule has 0 aliphatic heterocycles. The van der Waals surface area contributed by atoms with Gasteiger partial charge in [-0.25, -0.2) is 0 Å². The minimum atomic E-state index is 0.151. The molecule has 0 aliphatic rings. The summed E-state index contributed by atoms with van der Waals surface area (Å²) < 4.78 is 5.42. The standard InChI is InChI=1S/C13H19NO3/c1-11(14-16)3-4-12-5-7-13(8-6-12)17-10-2-9-15/h5-8,15-16H,2-4,9-10H2,1H3. The topological polar surface area (TPSA) is 62.0 Å². The summed E-state index contributed by atoms with van der Waals surface area (Å²) in [6.07, 6.45) is 2.25. The molecule has 1 aromatic carbocycles. The van der Waals surface area contributed by atoms with Gasteiger partial charge in [0.1, 0.15) is 5.75 Å². The fraction of sp³-hybridized carbons (Fsp3) is 0.462. The zero-order valence-corrected chi connectivity index (χ0v) is 10.1. The Morgan fingerprint density at radius 1 is 1.29 bits per heavy atom. The molecule has 0 aliphatic carbocycles. The van der Waals surface area contributed by atoms with E-state index in [-0.39, 0.29) is 6.61 Å². The number of aryl methyl sites for hydroxylation is 1. The van der Waals surface area contributed by atoms with Gasteiger partial charge in [-0.15, -0.1) is 0 Å². The molecule has 0 amide bonds. The van der Waals surface area contributed by atoms with E-state index in [1.165, 1.54) is 5.56 Å². The van der Waals surface area contributed by atoms with E-state index in [2.05, 4.69) is 5.16 Å². The minimum Gasteiger partial charge on any atom is -0.494 e. The number of hydrogen-bond donors (Lipinski definition) is 2. The van der Waals surface area contributed by atoms with E-state index in [1.807, 2.05) is 24.3 Å². The number of hydrogen-bond acceptors (Lipinski definition) is 4. The number of nitrogens with zero attached hydrogens (tertiary/aromatic N) is 1. The average molecular weight is 237 g/mol. The molecule has 0 unspecified atom stereocenters. The van der Waals surface area contributed by atoms with Crippen LogP contribution in [0.1, 0.15) is 25.3 Å². The number of benzene rings is 1. The highest BCUT2D eigenvalue weighted by atomic mass is 16.5. The van der Waals surface area contributed by atoms with Crippen molar-refractivity contribution in [2.75, 3.05) is 13.2 Å². The first-order valence-corrected chi connectivity index (χ1v) is 5.76. The van der Waals surface area contributed by atoms with Gasteiger partial charge in [0.15, 0.2) is 0 Å². The SMILES string of the molecule is CC(CCc1ccc(OCCCO)cc1)=NO. The zero-order chi connectivity index (χ0) is 12.5. The maximum atomic E-state index is 8.62. The summed E-state index contributed by atoms with van der Waals surface area (Å²) in [5.41, 5.74) is 1.91. The third-order valence-electron chi connectivity index (χ3n) is 2.44. The van der Waals surface area contributed by atoms with Crippen molar-refractivity contribution >= 4 is 5.71 Å². The largest absolute Gasteiger partial charge is 0.494 e. The molecule has 4 heteroatoms. The maximum Gasteiger partial charge on any atom is 0.119 e. The quantitative estimate of drug-likeness (QED) is 0.331. The van der Waals surface area contributed by atoms with Gasteiger partial charge in [0.2, 0.25) is 0 Å². The summed E-state index contributed by atoms with van der Waals surface area (Å²) in [7, 11) is 0. The van der Waals surface area contributed by atoms with Crippen LogP contribution in [0.25, 0.3) is 0 Å². The van der Waals surface area contributed by atoms with Crippen molar-refractivity contribution in [3.8, 4) is 5.75 Å². The van der Waals surface area contributed by atoms with Crippen molar-refractivity contribution in [1.29, 1.82) is 0 Å². The Balaban J connectivity index is 2.39. The molecule has 0 aromatic heterocycles. The Morgan fingerprint density at radius 2 is 2.00 bits per heavy atom. The van der Waals surface area contributed by atoms with Crippen LogP contribution in [0.2, 0.25) is 0 Å². The number of aliphatic hydroxyl groups is 1. The van der Waals surface area contributed by atoms with Gasteiger partial charge < -0.3 is 15.1 Å². The molecule has 0 saturated heterocycles. The first-order valence-electron chi connectivity index (χ1n) is 5.76. The fourth-order valence-corrected chi connectivity index (χ4v) is 1.38. The Kier molecular flexibility index (Phi) is 6.10. The molecule has 0 atom stereocenters. The van der Waals surface area contributed by atoms with Crippen molar-refractivity contribution in [2.45, 2.75) is 26.2 Å². The van der Waals surface area contributed by atoms with E-state index in [0.29, 0.717) is 13.0 Å². The Hall–Kier alpha value is -1.55. The van der Waals surface area contributed by atoms with E-state index in [1.54, 1.807) is 6.92 Å². The smallest absolute Gasteiger partial charge is 0.119 e. The minimum absolute atomic E-state index is 0.151. The summed E-state index contributed by atoms with van der Waals surface area (Å²) in [6, 6.07) is 7.83. The molecule has 1 rings (SSSR count). The van der Waals surface area contributed by atoms with Gasteiger partial charge in [-0.2, -0.15) is 0 Å². The number of oxime groups is 1. The number of aliphatic hydroxyl groups excluding tert-OH is 1. The van der Waals surface area contributed by atoms with E-state index < -0.39 is 0 Å². The van der Waals surface area contributed by atoms with E-state index in [0.717, 1.165) is 24.3 Å². The Bertz CT molecular complexity index is 346. The van der Waals surface area contributed by atoms with Crippen LogP contribution in [-0.2, 0) is 6.42 Å². The summed E-state index contributed by atoms with van der Waals surface area (Å²) >= 11 is 0. The van der Waals surface area contributed by atoms with Gasteiger partial charge in [0.25, 0.3) is 0 Å². The van der Waals surface area contributed by atoms with Gasteiger partial charge in [0.05, 0.1) is 12.3 Å². The van der Waals surface area contributed by atoms with Crippen molar-refractivity contribution in [2.24, 2.45) is 5.16 Å². The van der Waals surface area contributed by atoms with E-state index in [4.69, 9.17) is 15.1 Å². The average Bonchev–Trinajstić information content (AvgIpc) is 2.37. The van der Waals surface area contributed by atoms with Crippen molar-refractivity contribution in [3.63, 3.8) is 0 Å². The molecule has 0 saturated carbocycles. The first-order chi connectivity index (χ1) is 8.26. The normalized spacial score (nSPS) is 11.5. The molecule has 4 nitrogen and oxygen atoms in total. The van der Waals surface area contributed by atoms with Crippen molar-refractivity contribution in [1.82, 2.24) is 0 Å². The molecule has 0 fully saturated rings. The molecule has 17 heavy (non-hydrogen) atoms. The number of ether oxygens (including phenoxy) is 1. The van der Waals surface area contributed by atoms with E-state index in [9.17, 15) is 0 Å². The van der Waals surface area contributed by atoms with Crippen LogP contribution in [0.4, 0.5) is 0 Å². The van der Waals surface area contributed by atoms with Crippen LogP contribution >= 0.6 is 0 Å². The Labute approximate surface area is 102 Å². The third-order valence-corrected chi connectivity index (χ3v) is 2.44. The van der Waals surface area contributed by atoms with Gasteiger partial charge in [-0.05, 0) is 37.5 Å². The van der Waals surface area contributed by atoms with Crippen molar-refractivity contribution < 1.29 is 15.1 Å². The lowest BCUT2D eigenvalue weighted by molar-refractivity contribution is 0.233. The highest BCUT2D eigenvalue weighted by Crippen LogP contribution is 2.13. The molecular formula is C13H19NO3. The second kappa shape index (κ2) is 7.68. The lowest BCUT2D eigenvalue weighted by atomic mass is 10.1. The molecule has 0 radical (unpaired) electrons. The third kappa shape index (κ3) is 5.36. The maximum absolute atomic E-state index is 8.62. The van der Waals surface area contributed by atoms with Crippen LogP contribution in [0.5, 0.6) is 5.75 Å². The second-order valence-electron chi connectivity index (χ2n) is 3.90. The molecule has 2 N–H and O–H groups in total. The van der Waals surface area contributed by atoms with Crippen molar-refractivity contribution in [3.05, 3.63) is 29.8 Å². The number of rotatable bonds is 7. The monoisotopic (exact) mass is 237 g/mol. The van der Waals surface area contributed by atoms with Crippen LogP contribution < -0.4 is 4.74 Å². The summed E-state index contributed by atoms with van der Waals surface area (Å²) in [5.74, 6) is 0.815. The van der Waals surface area contributed by atoms with Gasteiger partial charge in [-0.1, -0.05) is 17.3 Å². The molecular weight excluding hydrogens is 218 g/mol. The molecule has 94 valence electrons. The van der Waals surface area contributed by atoms with Gasteiger partial charge >= 0.3 is 0 Å². The first kappa shape index (κ1) is 13.5. The summed E-state index contributed by atoms with van der Waals surface area (Å²) in [5, 5.41) is 20.3. The summed E-state index contributed by atoms with van der Waals surface area (Å²) in [6.45, 7) is 2.48. The Morgan fingerprint density at radius 3 is 2.59 bits per heavy atom. The lowest BCUT2D eigenvalue weighted by Gasteiger charge is -2.06. The molecule has 0 bridgehead atoms. The predicted octanol–water partition coefficient (Wildman–Crippen LogP) is 2.23. The van der Waals surface area contributed by atoms with E-state index >= 15 is 0 Å². The zero-order valence-electron chi connectivity index (χ0n) is 10.1. The van der Waals surface area contributed by atoms with Gasteiger partial charge in [-0.3, -0.25) is 0 Å². The molecule has 0 spiro atoms. The van der Waals surface area contributed by atoms with Crippen LogP contribution in [0.15, 0.2) is 29.4 Å². The van der Waals surface area contributed by atoms with Crippen LogP contribution in [0, 0.1) is 0 Å². The summed E-state index contributed by atoms with van der Waals surface area (Å²) in [4.78, 5) is 0. The van der Waals surface area contributed by atoms with Crippen LogP contribution in [-0.4, -0.2) is 29.2 Å². The highest BCUT2D eigenvalue weighted by molar-refractivity contribution is 5.81. The van der Waals surface area contributed by atoms with Crippen LogP contribution in [0.3, 0.4) is 0 Å². The van der Waals surface area contributed by atoms with Gasteiger partial charge in [0, 0.05) is 13.0 Å². The predicted molar refractivity (Wildman–Crippen MR) is 66.9 cm³/mol. The second-order valence-corrected chi connectivity index (χ2v) is 3.90. The fourth-order valence-electron chi connectivity index (χ4n) is 1.38. The lowest BCUT2D eigenvalue weighted by Crippen LogP contribution is -2.00. The highest BCUT2D eigenvalue weighted by Gasteiger charge is 1.98. The molecule has 0 heterocycles. The molecule has 1 aromatic rings.